The SMILES string of the molecule is CCCNC1COCC1C(=O)N(C)CC(C)C(=O)NC. The third-order valence-corrected chi connectivity index (χ3v) is 3.67. The van der Waals surface area contributed by atoms with E-state index in [-0.39, 0.29) is 29.7 Å². The zero-order valence-electron chi connectivity index (χ0n) is 12.9. The molecule has 1 aliphatic rings. The van der Waals surface area contributed by atoms with E-state index in [4.69, 9.17) is 4.74 Å². The van der Waals surface area contributed by atoms with Crippen LogP contribution in [0.3, 0.4) is 0 Å². The van der Waals surface area contributed by atoms with Gasteiger partial charge in [-0.3, -0.25) is 9.59 Å². The molecule has 1 fully saturated rings. The predicted octanol–water partition coefficient (Wildman–Crippen LogP) is -0.158. The summed E-state index contributed by atoms with van der Waals surface area (Å²) in [4.78, 5) is 25.6. The minimum Gasteiger partial charge on any atom is -0.379 e. The van der Waals surface area contributed by atoms with Crippen molar-refractivity contribution in [3.8, 4) is 0 Å². The van der Waals surface area contributed by atoms with E-state index in [1.54, 1.807) is 19.0 Å². The molecule has 0 spiro atoms. The third kappa shape index (κ3) is 4.45. The molecule has 1 heterocycles. The van der Waals surface area contributed by atoms with Crippen molar-refractivity contribution >= 4 is 11.8 Å². The predicted molar refractivity (Wildman–Crippen MR) is 77.3 cm³/mol. The van der Waals surface area contributed by atoms with Crippen LogP contribution in [0.4, 0.5) is 0 Å². The number of hydrogen-bond donors (Lipinski definition) is 2. The zero-order chi connectivity index (χ0) is 15.1. The number of ether oxygens (including phenoxy) is 1. The topological polar surface area (TPSA) is 70.7 Å². The van der Waals surface area contributed by atoms with E-state index in [9.17, 15) is 9.59 Å². The lowest BCUT2D eigenvalue weighted by molar-refractivity contribution is -0.136. The highest BCUT2D eigenvalue weighted by atomic mass is 16.5. The Kier molecular flexibility index (Phi) is 6.95. The van der Waals surface area contributed by atoms with Crippen LogP contribution in [0.25, 0.3) is 0 Å². The van der Waals surface area contributed by atoms with Crippen molar-refractivity contribution in [2.45, 2.75) is 26.3 Å². The molecule has 0 aliphatic carbocycles. The van der Waals surface area contributed by atoms with Gasteiger partial charge in [0.15, 0.2) is 0 Å². The number of carbonyl (C=O) groups excluding carboxylic acids is 2. The van der Waals surface area contributed by atoms with E-state index < -0.39 is 0 Å². The number of amides is 2. The third-order valence-electron chi connectivity index (χ3n) is 3.67. The summed E-state index contributed by atoms with van der Waals surface area (Å²) in [6.45, 7) is 6.26. The van der Waals surface area contributed by atoms with Crippen LogP contribution in [0.1, 0.15) is 20.3 Å². The summed E-state index contributed by atoms with van der Waals surface area (Å²) in [5, 5.41) is 5.95. The molecule has 1 rings (SSSR count). The molecule has 0 bridgehead atoms. The fourth-order valence-corrected chi connectivity index (χ4v) is 2.44. The van der Waals surface area contributed by atoms with Crippen molar-refractivity contribution in [1.82, 2.24) is 15.5 Å². The van der Waals surface area contributed by atoms with Gasteiger partial charge in [0.1, 0.15) is 0 Å². The Morgan fingerprint density at radius 1 is 1.40 bits per heavy atom. The van der Waals surface area contributed by atoms with Gasteiger partial charge in [-0.25, -0.2) is 0 Å². The molecule has 2 amide bonds. The summed E-state index contributed by atoms with van der Waals surface area (Å²) in [6, 6.07) is 0.0835. The Balaban J connectivity index is 2.52. The lowest BCUT2D eigenvalue weighted by Gasteiger charge is -2.26. The monoisotopic (exact) mass is 285 g/mol. The van der Waals surface area contributed by atoms with E-state index in [0.29, 0.717) is 19.8 Å². The van der Waals surface area contributed by atoms with E-state index in [1.807, 2.05) is 6.92 Å². The lowest BCUT2D eigenvalue weighted by Crippen LogP contribution is -2.46. The van der Waals surface area contributed by atoms with Gasteiger partial charge in [-0.15, -0.1) is 0 Å². The van der Waals surface area contributed by atoms with Gasteiger partial charge in [-0.05, 0) is 13.0 Å². The second kappa shape index (κ2) is 8.21. The van der Waals surface area contributed by atoms with Crippen LogP contribution in [0.5, 0.6) is 0 Å². The molecule has 0 radical (unpaired) electrons. The first-order valence-corrected chi connectivity index (χ1v) is 7.28. The first-order valence-electron chi connectivity index (χ1n) is 7.28. The number of nitrogens with zero attached hydrogens (tertiary/aromatic N) is 1. The molecule has 3 unspecified atom stereocenters. The molecule has 0 aromatic heterocycles. The molecule has 6 heteroatoms. The van der Waals surface area contributed by atoms with E-state index in [0.717, 1.165) is 13.0 Å². The molecule has 2 N–H and O–H groups in total. The van der Waals surface area contributed by atoms with Crippen LogP contribution in [-0.2, 0) is 14.3 Å². The van der Waals surface area contributed by atoms with Crippen LogP contribution in [0.2, 0.25) is 0 Å². The largest absolute Gasteiger partial charge is 0.379 e. The number of carbonyl (C=O) groups is 2. The quantitative estimate of drug-likeness (QED) is 0.682. The maximum atomic E-state index is 12.4. The summed E-state index contributed by atoms with van der Waals surface area (Å²) in [5.41, 5.74) is 0. The summed E-state index contributed by atoms with van der Waals surface area (Å²) >= 11 is 0. The van der Waals surface area contributed by atoms with E-state index >= 15 is 0 Å². The molecule has 3 atom stereocenters. The van der Waals surface area contributed by atoms with Crippen LogP contribution < -0.4 is 10.6 Å². The Hall–Kier alpha value is -1.14. The van der Waals surface area contributed by atoms with Gasteiger partial charge in [-0.2, -0.15) is 0 Å². The summed E-state index contributed by atoms with van der Waals surface area (Å²) in [5.74, 6) is -0.360. The first-order chi connectivity index (χ1) is 9.51. The number of nitrogens with one attached hydrogen (secondary N) is 2. The van der Waals surface area contributed by atoms with Gasteiger partial charge < -0.3 is 20.3 Å². The van der Waals surface area contributed by atoms with Gasteiger partial charge in [0.05, 0.1) is 25.0 Å². The highest BCUT2D eigenvalue weighted by molar-refractivity contribution is 5.82. The summed E-state index contributed by atoms with van der Waals surface area (Å²) in [7, 11) is 3.35. The molecule has 0 saturated carbocycles. The average Bonchev–Trinajstić information content (AvgIpc) is 2.91. The highest BCUT2D eigenvalue weighted by Gasteiger charge is 2.35. The minimum absolute atomic E-state index is 0.0480. The van der Waals surface area contributed by atoms with E-state index in [1.165, 1.54) is 0 Å². The zero-order valence-corrected chi connectivity index (χ0v) is 12.9. The minimum atomic E-state index is -0.210. The number of hydrogen-bond acceptors (Lipinski definition) is 4. The summed E-state index contributed by atoms with van der Waals surface area (Å²) < 4.78 is 5.42. The van der Waals surface area contributed by atoms with Crippen molar-refractivity contribution in [2.75, 3.05) is 40.4 Å². The molecular weight excluding hydrogens is 258 g/mol. The standard InChI is InChI=1S/C14H27N3O3/c1-5-6-16-12-9-20-8-11(12)14(19)17(4)7-10(2)13(18)15-3/h10-12,16H,5-9H2,1-4H3,(H,15,18). The van der Waals surface area contributed by atoms with Crippen LogP contribution in [-0.4, -0.2) is 63.2 Å². The molecule has 1 saturated heterocycles. The van der Waals surface area contributed by atoms with E-state index in [2.05, 4.69) is 17.6 Å². The lowest BCUT2D eigenvalue weighted by atomic mass is 10.0. The normalized spacial score (nSPS) is 23.4. The molecule has 0 aromatic carbocycles. The van der Waals surface area contributed by atoms with Crippen LogP contribution in [0, 0.1) is 11.8 Å². The Bertz CT molecular complexity index is 336. The Morgan fingerprint density at radius 2 is 2.10 bits per heavy atom. The maximum absolute atomic E-state index is 12.4. The van der Waals surface area contributed by atoms with Crippen LogP contribution >= 0.6 is 0 Å². The second-order valence-electron chi connectivity index (χ2n) is 5.44. The average molecular weight is 285 g/mol. The fraction of sp³-hybridized carbons (Fsp3) is 0.857. The van der Waals surface area contributed by atoms with Gasteiger partial charge >= 0.3 is 0 Å². The first kappa shape index (κ1) is 16.9. The molecule has 6 nitrogen and oxygen atoms in total. The molecule has 1 aliphatic heterocycles. The Morgan fingerprint density at radius 3 is 2.70 bits per heavy atom. The fourth-order valence-electron chi connectivity index (χ4n) is 2.44. The van der Waals surface area contributed by atoms with Crippen molar-refractivity contribution < 1.29 is 14.3 Å². The number of rotatable bonds is 7. The van der Waals surface area contributed by atoms with Gasteiger partial charge in [0.25, 0.3) is 0 Å². The van der Waals surface area contributed by atoms with Gasteiger partial charge in [-0.1, -0.05) is 13.8 Å². The molecule has 116 valence electrons. The smallest absolute Gasteiger partial charge is 0.229 e. The Labute approximate surface area is 121 Å². The van der Waals surface area contributed by atoms with Crippen molar-refractivity contribution in [3.05, 3.63) is 0 Å². The van der Waals surface area contributed by atoms with Gasteiger partial charge in [0.2, 0.25) is 11.8 Å². The van der Waals surface area contributed by atoms with Crippen molar-refractivity contribution in [2.24, 2.45) is 11.8 Å². The molecular formula is C14H27N3O3. The van der Waals surface area contributed by atoms with Crippen molar-refractivity contribution in [1.29, 1.82) is 0 Å². The molecule has 20 heavy (non-hydrogen) atoms. The summed E-state index contributed by atoms with van der Waals surface area (Å²) in [6.07, 6.45) is 1.03. The highest BCUT2D eigenvalue weighted by Crippen LogP contribution is 2.17. The van der Waals surface area contributed by atoms with Crippen molar-refractivity contribution in [3.63, 3.8) is 0 Å². The van der Waals surface area contributed by atoms with Crippen LogP contribution in [0.15, 0.2) is 0 Å². The second-order valence-corrected chi connectivity index (χ2v) is 5.44. The molecule has 0 aromatic rings. The maximum Gasteiger partial charge on any atom is 0.229 e. The van der Waals surface area contributed by atoms with Gasteiger partial charge in [0, 0.05) is 26.7 Å².